The molecule has 0 saturated carbocycles. The minimum atomic E-state index is 0.0771. The highest BCUT2D eigenvalue weighted by Crippen LogP contribution is 2.33. The van der Waals surface area contributed by atoms with Gasteiger partial charge in [0.05, 0.1) is 4.88 Å². The third-order valence-corrected chi connectivity index (χ3v) is 6.20. The van der Waals surface area contributed by atoms with Gasteiger partial charge in [-0.2, -0.15) is 0 Å². The minimum Gasteiger partial charge on any atom is -0.349 e. The van der Waals surface area contributed by atoms with Gasteiger partial charge in [0.1, 0.15) is 0 Å². The number of carbonyl (C=O) groups excluding carboxylic acids is 2. The maximum atomic E-state index is 12.8. The van der Waals surface area contributed by atoms with Crippen molar-refractivity contribution in [3.63, 3.8) is 0 Å². The summed E-state index contributed by atoms with van der Waals surface area (Å²) >= 11 is 1.65. The lowest BCUT2D eigenvalue weighted by atomic mass is 9.87. The molecule has 0 aromatic carbocycles. The molecule has 2 amide bonds. The van der Waals surface area contributed by atoms with Crippen LogP contribution in [0, 0.1) is 5.92 Å². The fraction of sp³-hybridized carbons (Fsp3) is 0.667. The number of likely N-dealkylation sites (tertiary alicyclic amines) is 1. The summed E-state index contributed by atoms with van der Waals surface area (Å²) in [4.78, 5) is 30.8. The number of hydrogen-bond donors (Lipinski definition) is 0. The Bertz CT molecular complexity index is 586. The van der Waals surface area contributed by atoms with E-state index in [0.29, 0.717) is 0 Å². The molecule has 0 bridgehead atoms. The molecular weight excluding hydrogens is 308 g/mol. The number of carbonyl (C=O) groups is 2. The summed E-state index contributed by atoms with van der Waals surface area (Å²) in [6.45, 7) is 1.78. The number of aryl methyl sites for hydroxylation is 1. The van der Waals surface area contributed by atoms with Crippen LogP contribution in [-0.2, 0) is 17.6 Å². The zero-order valence-corrected chi connectivity index (χ0v) is 15.0. The first-order valence-corrected chi connectivity index (χ1v) is 9.50. The molecule has 2 aliphatic rings. The van der Waals surface area contributed by atoms with Crippen LogP contribution in [0.3, 0.4) is 0 Å². The summed E-state index contributed by atoms with van der Waals surface area (Å²) < 4.78 is 0. The zero-order valence-electron chi connectivity index (χ0n) is 14.1. The standard InChI is InChI=1S/C18H26N2O2S/c1-19(2)17(21)13-7-8-15-14(11-13)12-16(23-15)18(22)20-9-5-3-4-6-10-20/h12-13H,3-11H2,1-2H3/t13-/m0/s1. The molecule has 1 fully saturated rings. The maximum absolute atomic E-state index is 12.8. The van der Waals surface area contributed by atoms with E-state index in [1.807, 2.05) is 19.0 Å². The number of hydrogen-bond acceptors (Lipinski definition) is 3. The first kappa shape index (κ1) is 16.5. The molecule has 0 radical (unpaired) electrons. The first-order valence-electron chi connectivity index (χ1n) is 8.68. The van der Waals surface area contributed by atoms with Crippen LogP contribution in [0.25, 0.3) is 0 Å². The summed E-state index contributed by atoms with van der Waals surface area (Å²) in [6, 6.07) is 2.06. The van der Waals surface area contributed by atoms with Crippen LogP contribution in [0.15, 0.2) is 6.07 Å². The van der Waals surface area contributed by atoms with Gasteiger partial charge < -0.3 is 9.80 Å². The lowest BCUT2D eigenvalue weighted by Crippen LogP contribution is -2.32. The van der Waals surface area contributed by atoms with Crippen molar-refractivity contribution >= 4 is 23.2 Å². The van der Waals surface area contributed by atoms with E-state index in [0.717, 1.165) is 50.1 Å². The molecule has 3 rings (SSSR count). The Morgan fingerprint density at radius 1 is 1.17 bits per heavy atom. The van der Waals surface area contributed by atoms with Gasteiger partial charge >= 0.3 is 0 Å². The number of fused-ring (bicyclic) bond motifs is 1. The number of amides is 2. The van der Waals surface area contributed by atoms with Crippen LogP contribution in [0.4, 0.5) is 0 Å². The van der Waals surface area contributed by atoms with Gasteiger partial charge in [0, 0.05) is 38.0 Å². The fourth-order valence-electron chi connectivity index (χ4n) is 3.63. The van der Waals surface area contributed by atoms with Gasteiger partial charge in [0.15, 0.2) is 0 Å². The van der Waals surface area contributed by atoms with Gasteiger partial charge in [0.2, 0.25) is 5.91 Å². The van der Waals surface area contributed by atoms with Crippen molar-refractivity contribution in [2.75, 3.05) is 27.2 Å². The molecule has 23 heavy (non-hydrogen) atoms. The van der Waals surface area contributed by atoms with Crippen LogP contribution in [0.1, 0.15) is 52.2 Å². The predicted octanol–water partition coefficient (Wildman–Crippen LogP) is 2.96. The Morgan fingerprint density at radius 2 is 1.87 bits per heavy atom. The van der Waals surface area contributed by atoms with Gasteiger partial charge in [-0.3, -0.25) is 9.59 Å². The molecule has 4 nitrogen and oxygen atoms in total. The molecule has 0 N–H and O–H groups in total. The average Bonchev–Trinajstić information content (AvgIpc) is 2.78. The fourth-order valence-corrected chi connectivity index (χ4v) is 4.81. The van der Waals surface area contributed by atoms with E-state index < -0.39 is 0 Å². The Balaban J connectivity index is 1.72. The second kappa shape index (κ2) is 7.04. The van der Waals surface area contributed by atoms with Crippen LogP contribution >= 0.6 is 11.3 Å². The lowest BCUT2D eigenvalue weighted by Gasteiger charge is -2.24. The van der Waals surface area contributed by atoms with Crippen molar-refractivity contribution in [3.8, 4) is 0 Å². The Hall–Kier alpha value is -1.36. The third-order valence-electron chi connectivity index (χ3n) is 4.98. The predicted molar refractivity (Wildman–Crippen MR) is 92.9 cm³/mol. The van der Waals surface area contributed by atoms with Gasteiger partial charge in [-0.15, -0.1) is 11.3 Å². The number of thiophene rings is 1. The van der Waals surface area contributed by atoms with Crippen molar-refractivity contribution in [1.82, 2.24) is 9.80 Å². The summed E-state index contributed by atoms with van der Waals surface area (Å²) in [5, 5.41) is 0. The van der Waals surface area contributed by atoms with Crippen molar-refractivity contribution < 1.29 is 9.59 Å². The summed E-state index contributed by atoms with van der Waals surface area (Å²) in [7, 11) is 3.64. The molecule has 5 heteroatoms. The molecule has 1 aromatic heterocycles. The second-order valence-corrected chi connectivity index (χ2v) is 8.07. The maximum Gasteiger partial charge on any atom is 0.263 e. The molecule has 0 spiro atoms. The SMILES string of the molecule is CN(C)C(=O)[C@H]1CCc2sc(C(=O)N3CCCCCC3)cc2C1. The molecule has 1 aliphatic carbocycles. The monoisotopic (exact) mass is 334 g/mol. The van der Waals surface area contributed by atoms with E-state index in [2.05, 4.69) is 6.07 Å². The van der Waals surface area contributed by atoms with E-state index in [1.165, 1.54) is 23.3 Å². The highest BCUT2D eigenvalue weighted by Gasteiger charge is 2.29. The molecule has 1 aliphatic heterocycles. The Morgan fingerprint density at radius 3 is 2.52 bits per heavy atom. The first-order chi connectivity index (χ1) is 11.1. The Kier molecular flexibility index (Phi) is 5.05. The summed E-state index contributed by atoms with van der Waals surface area (Å²) in [5.41, 5.74) is 1.22. The highest BCUT2D eigenvalue weighted by molar-refractivity contribution is 7.14. The quantitative estimate of drug-likeness (QED) is 0.834. The van der Waals surface area contributed by atoms with Gasteiger partial charge in [-0.25, -0.2) is 0 Å². The lowest BCUT2D eigenvalue weighted by molar-refractivity contribution is -0.133. The normalized spacial score (nSPS) is 21.5. The molecule has 1 aromatic rings. The number of nitrogens with zero attached hydrogens (tertiary/aromatic N) is 2. The molecule has 0 unspecified atom stereocenters. The highest BCUT2D eigenvalue weighted by atomic mass is 32.1. The largest absolute Gasteiger partial charge is 0.349 e. The topological polar surface area (TPSA) is 40.6 Å². The van der Waals surface area contributed by atoms with Gasteiger partial charge in [-0.05, 0) is 43.7 Å². The molecule has 1 saturated heterocycles. The van der Waals surface area contributed by atoms with Crippen LogP contribution in [0.5, 0.6) is 0 Å². The van der Waals surface area contributed by atoms with Crippen molar-refractivity contribution in [1.29, 1.82) is 0 Å². The molecular formula is C18H26N2O2S. The van der Waals surface area contributed by atoms with E-state index in [4.69, 9.17) is 0 Å². The van der Waals surface area contributed by atoms with Crippen LogP contribution in [0.2, 0.25) is 0 Å². The zero-order chi connectivity index (χ0) is 16.4. The Labute approximate surface area is 142 Å². The molecule has 2 heterocycles. The average molecular weight is 334 g/mol. The second-order valence-electron chi connectivity index (χ2n) is 6.94. The minimum absolute atomic E-state index is 0.0771. The molecule has 126 valence electrons. The summed E-state index contributed by atoms with van der Waals surface area (Å²) in [5.74, 6) is 0.484. The van der Waals surface area contributed by atoms with E-state index in [-0.39, 0.29) is 17.7 Å². The summed E-state index contributed by atoms with van der Waals surface area (Å²) in [6.07, 6.45) is 7.33. The van der Waals surface area contributed by atoms with Gasteiger partial charge in [-0.1, -0.05) is 12.8 Å². The van der Waals surface area contributed by atoms with Crippen molar-refractivity contribution in [3.05, 3.63) is 21.4 Å². The van der Waals surface area contributed by atoms with Crippen molar-refractivity contribution in [2.24, 2.45) is 5.92 Å². The van der Waals surface area contributed by atoms with E-state index >= 15 is 0 Å². The van der Waals surface area contributed by atoms with E-state index in [9.17, 15) is 9.59 Å². The third kappa shape index (κ3) is 3.60. The number of rotatable bonds is 2. The van der Waals surface area contributed by atoms with Crippen LogP contribution < -0.4 is 0 Å². The van der Waals surface area contributed by atoms with Crippen LogP contribution in [-0.4, -0.2) is 48.8 Å². The van der Waals surface area contributed by atoms with E-state index in [1.54, 1.807) is 16.2 Å². The molecule has 1 atom stereocenters. The van der Waals surface area contributed by atoms with Crippen molar-refractivity contribution in [2.45, 2.75) is 44.9 Å². The smallest absolute Gasteiger partial charge is 0.263 e. The van der Waals surface area contributed by atoms with Gasteiger partial charge in [0.25, 0.3) is 5.91 Å².